The van der Waals surface area contributed by atoms with Gasteiger partial charge in [0.05, 0.1) is 35.9 Å². The van der Waals surface area contributed by atoms with Crippen molar-refractivity contribution in [1.82, 2.24) is 49.2 Å². The Kier molecular flexibility index (Phi) is 20.0. The number of rotatable bonds is 19. The summed E-state index contributed by atoms with van der Waals surface area (Å²) in [5.74, 6) is -0.295. The Morgan fingerprint density at radius 2 is 0.886 bits per heavy atom. The van der Waals surface area contributed by atoms with Crippen LogP contribution in [0.25, 0.3) is 0 Å². The van der Waals surface area contributed by atoms with Gasteiger partial charge in [-0.1, -0.05) is 64.8 Å². The van der Waals surface area contributed by atoms with Gasteiger partial charge in [0.15, 0.2) is 0 Å². The number of hydrogen-bond donors (Lipinski definition) is 2. The van der Waals surface area contributed by atoms with E-state index in [9.17, 15) is 37.5 Å². The maximum Gasteiger partial charge on any atom is 0.254 e. The number of nitrogens with zero attached hydrogens (tertiary/aromatic N) is 10. The molecule has 4 aromatic rings. The van der Waals surface area contributed by atoms with Gasteiger partial charge < -0.3 is 39.4 Å². The van der Waals surface area contributed by atoms with Crippen molar-refractivity contribution in [3.63, 3.8) is 0 Å². The second-order valence-corrected chi connectivity index (χ2v) is 27.9. The molecule has 6 aliphatic rings. The van der Waals surface area contributed by atoms with Crippen LogP contribution < -0.4 is 31.6 Å². The van der Waals surface area contributed by atoms with Crippen LogP contribution in [0, 0.1) is 11.6 Å². The summed E-state index contributed by atoms with van der Waals surface area (Å²) < 4.78 is 30.8. The minimum Gasteiger partial charge on any atom is -0.340 e. The number of pyridine rings is 2. The molecule has 8 heterocycles. The van der Waals surface area contributed by atoms with Crippen LogP contribution in [0.5, 0.6) is 0 Å². The topological polar surface area (TPSA) is 162 Å². The number of nitrogens with one attached hydrogen (secondary N) is 2. The molecule has 20 heteroatoms. The summed E-state index contributed by atoms with van der Waals surface area (Å²) in [7, 11) is 3.56. The number of hydrogen-bond acceptors (Lipinski definition) is 12. The number of anilines is 2. The minimum atomic E-state index is -0.432. The molecule has 4 amide bonds. The lowest BCUT2D eigenvalue weighted by Gasteiger charge is -2.45. The average molecular weight is 1220 g/mol. The number of amides is 4. The van der Waals surface area contributed by atoms with Gasteiger partial charge in [-0.2, -0.15) is 0 Å². The highest BCUT2D eigenvalue weighted by Gasteiger charge is 2.45. The molecule has 0 saturated carbocycles. The predicted molar refractivity (Wildman–Crippen MR) is 341 cm³/mol. The monoisotopic (exact) mass is 1210 g/mol. The fourth-order valence-corrected chi connectivity index (χ4v) is 15.1. The molecule has 0 aliphatic carbocycles. The molecule has 2 aromatic carbocycles. The van der Waals surface area contributed by atoms with E-state index in [1.165, 1.54) is 24.3 Å². The van der Waals surface area contributed by atoms with Crippen LogP contribution in [0.4, 0.5) is 20.2 Å². The summed E-state index contributed by atoms with van der Waals surface area (Å²) >= 11 is 0. The Morgan fingerprint density at radius 1 is 0.511 bits per heavy atom. The summed E-state index contributed by atoms with van der Waals surface area (Å²) in [4.78, 5) is 101. The van der Waals surface area contributed by atoms with Crippen molar-refractivity contribution in [2.24, 2.45) is 14.1 Å². The number of fused-ring (bicyclic) bond motifs is 2. The number of benzene rings is 2. The van der Waals surface area contributed by atoms with Gasteiger partial charge in [0, 0.05) is 190 Å². The molecule has 6 atom stereocenters. The molecule has 0 bridgehead atoms. The molecule has 0 spiro atoms. The summed E-state index contributed by atoms with van der Waals surface area (Å²) in [6.45, 7) is 27.0. The Balaban J connectivity index is 0.641. The Hall–Kier alpha value is -6.16. The van der Waals surface area contributed by atoms with Crippen molar-refractivity contribution in [2.75, 3.05) is 115 Å². The third-order valence-electron chi connectivity index (χ3n) is 19.9. The standard InChI is InChI=1S/C68H96F2N12O6/c1-45-35-79(41-61(85)81-43-67(5,6)63-57(81)31-51(65(87)73(63)9)29-49-17-21-53(69)22-18-49)55(33-71-45)39-75-25-27-77(37-47(75)3)59(83)15-13-11-12-14-16-60(84)78-28-26-76(48(4)38-78)40-56-34-72-46(2)36-80(56)42-62(86)82-44-68(7,8)64-58(82)32-52(66(88)74(64)10)30-50-19-23-54(70)24-20-50/h17-24,31-32,45-48,55-56,71-72H,11-16,25-30,33-44H2,1-10H3/t45-,46-,47-,48-,55-,56-/m1/s1. The van der Waals surface area contributed by atoms with Crippen LogP contribution >= 0.6 is 0 Å². The molecular formula is C68H96F2N12O6. The van der Waals surface area contributed by atoms with Gasteiger partial charge in [-0.3, -0.25) is 48.4 Å². The molecule has 2 N–H and O–H groups in total. The third kappa shape index (κ3) is 14.5. The molecule has 6 aliphatic heterocycles. The van der Waals surface area contributed by atoms with Crippen molar-refractivity contribution >= 4 is 35.0 Å². The average Bonchev–Trinajstić information content (AvgIpc) is 1.66. The van der Waals surface area contributed by atoms with Gasteiger partial charge >= 0.3 is 0 Å². The first-order valence-corrected chi connectivity index (χ1v) is 32.4. The summed E-state index contributed by atoms with van der Waals surface area (Å²) in [5, 5.41) is 7.30. The van der Waals surface area contributed by atoms with Crippen LogP contribution in [0.15, 0.2) is 70.3 Å². The Labute approximate surface area is 519 Å². The summed E-state index contributed by atoms with van der Waals surface area (Å²) in [6, 6.07) is 17.0. The van der Waals surface area contributed by atoms with E-state index in [4.69, 9.17) is 0 Å². The van der Waals surface area contributed by atoms with Crippen molar-refractivity contribution in [3.8, 4) is 0 Å². The number of carbonyl (C=O) groups is 4. The lowest BCUT2D eigenvalue weighted by Crippen LogP contribution is -2.63. The molecule has 18 nitrogen and oxygen atoms in total. The lowest BCUT2D eigenvalue weighted by atomic mass is 9.90. The van der Waals surface area contributed by atoms with Gasteiger partial charge in [-0.25, -0.2) is 8.78 Å². The summed E-state index contributed by atoms with van der Waals surface area (Å²) in [6.07, 6.45) is 5.03. The number of piperazine rings is 4. The van der Waals surface area contributed by atoms with Gasteiger partial charge in [0.1, 0.15) is 11.6 Å². The SMILES string of the molecule is C[C@@H]1CN(CC(=O)N2CC(C)(C)c3c2cc(Cc2ccc(F)cc2)c(=O)n3C)[C@@H](CN2CCN(C(=O)CCCCCCC(=O)N3CCN(C[C@H]4CN[C@H](C)CN4CC(=O)N4CC(C)(C)c5c4cc(Cc4ccc(F)cc4)c(=O)n5C)[C@H](C)C3)C[C@H]2C)CN1. The first-order valence-electron chi connectivity index (χ1n) is 32.4. The van der Waals surface area contributed by atoms with Crippen LogP contribution in [0.1, 0.15) is 128 Å². The van der Waals surface area contributed by atoms with E-state index in [1.54, 1.807) is 47.5 Å². The van der Waals surface area contributed by atoms with Crippen LogP contribution in [-0.4, -0.2) is 203 Å². The van der Waals surface area contributed by atoms with E-state index in [1.807, 2.05) is 31.7 Å². The van der Waals surface area contributed by atoms with Crippen LogP contribution in [-0.2, 0) is 56.9 Å². The maximum atomic E-state index is 14.5. The molecule has 2 aromatic heterocycles. The second-order valence-electron chi connectivity index (χ2n) is 27.9. The van der Waals surface area contributed by atoms with E-state index in [0.717, 1.165) is 112 Å². The van der Waals surface area contributed by atoms with Crippen molar-refractivity contribution in [2.45, 2.75) is 154 Å². The van der Waals surface area contributed by atoms with E-state index < -0.39 is 10.8 Å². The molecule has 88 heavy (non-hydrogen) atoms. The first kappa shape index (κ1) is 64.8. The highest BCUT2D eigenvalue weighted by Crippen LogP contribution is 2.42. The van der Waals surface area contributed by atoms with Crippen molar-refractivity contribution in [3.05, 3.63) is 127 Å². The first-order chi connectivity index (χ1) is 41.8. The Morgan fingerprint density at radius 3 is 1.25 bits per heavy atom. The Bertz CT molecular complexity index is 3100. The van der Waals surface area contributed by atoms with Gasteiger partial charge in [-0.05, 0) is 88.1 Å². The second kappa shape index (κ2) is 27.1. The number of halogens is 2. The van der Waals surface area contributed by atoms with Crippen LogP contribution in [0.3, 0.4) is 0 Å². The predicted octanol–water partition coefficient (Wildman–Crippen LogP) is 5.22. The molecule has 0 unspecified atom stereocenters. The third-order valence-corrected chi connectivity index (χ3v) is 19.9. The maximum absolute atomic E-state index is 14.5. The van der Waals surface area contributed by atoms with Crippen molar-refractivity contribution < 1.29 is 28.0 Å². The fraction of sp³-hybridized carbons (Fsp3) is 0.618. The smallest absolute Gasteiger partial charge is 0.254 e. The summed E-state index contributed by atoms with van der Waals surface area (Å²) in [5.41, 5.74) is 4.92. The molecule has 4 fully saturated rings. The van der Waals surface area contributed by atoms with E-state index in [2.05, 4.69) is 85.6 Å². The lowest BCUT2D eigenvalue weighted by molar-refractivity contribution is -0.135. The molecule has 10 rings (SSSR count). The van der Waals surface area contributed by atoms with E-state index in [-0.39, 0.29) is 95.7 Å². The largest absolute Gasteiger partial charge is 0.340 e. The normalized spacial score (nSPS) is 24.2. The van der Waals surface area contributed by atoms with Crippen LogP contribution in [0.2, 0.25) is 0 Å². The molecular weight excluding hydrogens is 1120 g/mol. The number of carbonyl (C=O) groups excluding carboxylic acids is 4. The number of unbranched alkanes of at least 4 members (excludes halogenated alkanes) is 3. The highest BCUT2D eigenvalue weighted by atomic mass is 19.1. The van der Waals surface area contributed by atoms with Gasteiger partial charge in [0.25, 0.3) is 11.1 Å². The zero-order valence-corrected chi connectivity index (χ0v) is 53.9. The zero-order chi connectivity index (χ0) is 62.9. The highest BCUT2D eigenvalue weighted by molar-refractivity contribution is 5.98. The quantitative estimate of drug-likeness (QED) is 0.118. The molecule has 478 valence electrons. The number of aromatic nitrogens is 2. The van der Waals surface area contributed by atoms with Gasteiger partial charge in [0.2, 0.25) is 23.6 Å². The molecule has 0 radical (unpaired) electrons. The fourth-order valence-electron chi connectivity index (χ4n) is 15.1. The van der Waals surface area contributed by atoms with Gasteiger partial charge in [-0.15, -0.1) is 0 Å². The minimum absolute atomic E-state index is 0.000982. The van der Waals surface area contributed by atoms with E-state index >= 15 is 0 Å². The zero-order valence-electron chi connectivity index (χ0n) is 53.9. The molecule has 4 saturated heterocycles. The van der Waals surface area contributed by atoms with E-state index in [0.29, 0.717) is 76.1 Å². The van der Waals surface area contributed by atoms with Crippen molar-refractivity contribution in [1.29, 1.82) is 0 Å².